The molecule has 0 aliphatic rings. The molecule has 1 aromatic carbocycles. The van der Waals surface area contributed by atoms with Gasteiger partial charge >= 0.3 is 0 Å². The Bertz CT molecular complexity index is 773. The van der Waals surface area contributed by atoms with Crippen LogP contribution in [0, 0.1) is 6.92 Å². The zero-order chi connectivity index (χ0) is 16.3. The summed E-state index contributed by atoms with van der Waals surface area (Å²) in [5, 5.41) is 4.89. The van der Waals surface area contributed by atoms with Gasteiger partial charge in [0.25, 0.3) is 10.0 Å². The first-order chi connectivity index (χ1) is 10.3. The molecule has 2 aromatic rings. The Kier molecular flexibility index (Phi) is 5.23. The number of anilines is 1. The fraction of sp³-hybridized carbons (Fsp3) is 0.214. The molecule has 0 atom stereocenters. The lowest BCUT2D eigenvalue weighted by molar-refractivity contribution is -0.116. The van der Waals surface area contributed by atoms with Crippen molar-refractivity contribution < 1.29 is 13.2 Å². The van der Waals surface area contributed by atoms with Gasteiger partial charge in [0.15, 0.2) is 0 Å². The smallest absolute Gasteiger partial charge is 0.252 e. The van der Waals surface area contributed by atoms with E-state index in [2.05, 4.69) is 5.32 Å². The summed E-state index contributed by atoms with van der Waals surface area (Å²) in [6.07, 6.45) is 0. The summed E-state index contributed by atoms with van der Waals surface area (Å²) >= 11 is 7.10. The van der Waals surface area contributed by atoms with Crippen LogP contribution in [0.4, 0.5) is 5.69 Å². The number of amides is 1. The first-order valence-corrected chi connectivity index (χ1v) is 9.07. The Morgan fingerprint density at radius 2 is 2.05 bits per heavy atom. The third-order valence-electron chi connectivity index (χ3n) is 3.07. The van der Waals surface area contributed by atoms with E-state index in [1.165, 1.54) is 13.1 Å². The molecule has 1 amide bonds. The second kappa shape index (κ2) is 6.78. The quantitative estimate of drug-likeness (QED) is 0.893. The zero-order valence-electron chi connectivity index (χ0n) is 12.0. The summed E-state index contributed by atoms with van der Waals surface area (Å²) < 4.78 is 25.7. The minimum Gasteiger partial charge on any atom is -0.325 e. The molecule has 0 unspecified atom stereocenters. The van der Waals surface area contributed by atoms with E-state index in [9.17, 15) is 13.2 Å². The van der Waals surface area contributed by atoms with Crippen molar-refractivity contribution in [3.8, 4) is 0 Å². The lowest BCUT2D eigenvalue weighted by Gasteiger charge is -2.16. The van der Waals surface area contributed by atoms with E-state index in [0.717, 1.165) is 21.2 Å². The Balaban J connectivity index is 2.08. The van der Waals surface area contributed by atoms with Gasteiger partial charge in [0.2, 0.25) is 5.91 Å². The molecule has 0 saturated carbocycles. The molecular weight excluding hydrogens is 344 g/mol. The van der Waals surface area contributed by atoms with Crippen LogP contribution in [0.1, 0.15) is 5.56 Å². The molecule has 1 heterocycles. The van der Waals surface area contributed by atoms with Gasteiger partial charge in [0.1, 0.15) is 4.21 Å². The average Bonchev–Trinajstić information content (AvgIpc) is 2.98. The molecule has 22 heavy (non-hydrogen) atoms. The van der Waals surface area contributed by atoms with Crippen molar-refractivity contribution in [2.45, 2.75) is 11.1 Å². The first-order valence-electron chi connectivity index (χ1n) is 6.37. The largest absolute Gasteiger partial charge is 0.325 e. The molecule has 8 heteroatoms. The fourth-order valence-electron chi connectivity index (χ4n) is 1.78. The SMILES string of the molecule is Cc1c(Cl)cccc1NC(=O)CN(C)S(=O)(=O)c1cccs1. The number of hydrogen-bond acceptors (Lipinski definition) is 4. The highest BCUT2D eigenvalue weighted by molar-refractivity contribution is 7.91. The maximum atomic E-state index is 12.2. The van der Waals surface area contributed by atoms with Crippen molar-refractivity contribution >= 4 is 44.6 Å². The molecule has 5 nitrogen and oxygen atoms in total. The molecule has 0 saturated heterocycles. The number of thiophene rings is 1. The highest BCUT2D eigenvalue weighted by atomic mass is 35.5. The van der Waals surface area contributed by atoms with E-state index in [1.54, 1.807) is 36.6 Å². The van der Waals surface area contributed by atoms with Crippen LogP contribution in [0.25, 0.3) is 0 Å². The van der Waals surface area contributed by atoms with E-state index in [0.29, 0.717) is 10.7 Å². The van der Waals surface area contributed by atoms with Crippen LogP contribution < -0.4 is 5.32 Å². The van der Waals surface area contributed by atoms with Crippen LogP contribution >= 0.6 is 22.9 Å². The summed E-state index contributed by atoms with van der Waals surface area (Å²) in [4.78, 5) is 12.0. The van der Waals surface area contributed by atoms with E-state index in [1.807, 2.05) is 0 Å². The number of carbonyl (C=O) groups excluding carboxylic acids is 1. The Morgan fingerprint density at radius 3 is 2.68 bits per heavy atom. The molecule has 2 rings (SSSR count). The summed E-state index contributed by atoms with van der Waals surface area (Å²) in [6, 6.07) is 8.32. The van der Waals surface area contributed by atoms with Crippen LogP contribution in [0.15, 0.2) is 39.9 Å². The van der Waals surface area contributed by atoms with E-state index in [4.69, 9.17) is 11.6 Å². The highest BCUT2D eigenvalue weighted by Gasteiger charge is 2.24. The number of hydrogen-bond donors (Lipinski definition) is 1. The van der Waals surface area contributed by atoms with Gasteiger partial charge in [-0.05, 0) is 36.1 Å². The summed E-state index contributed by atoms with van der Waals surface area (Å²) in [6.45, 7) is 1.51. The van der Waals surface area contributed by atoms with Crippen LogP contribution in [0.5, 0.6) is 0 Å². The van der Waals surface area contributed by atoms with Crippen molar-refractivity contribution in [2.75, 3.05) is 18.9 Å². The highest BCUT2D eigenvalue weighted by Crippen LogP contribution is 2.23. The van der Waals surface area contributed by atoms with Crippen LogP contribution in [0.2, 0.25) is 5.02 Å². The monoisotopic (exact) mass is 358 g/mol. The summed E-state index contributed by atoms with van der Waals surface area (Å²) in [5.41, 5.74) is 1.31. The van der Waals surface area contributed by atoms with Gasteiger partial charge in [-0.15, -0.1) is 11.3 Å². The number of benzene rings is 1. The third kappa shape index (κ3) is 3.67. The second-order valence-electron chi connectivity index (χ2n) is 4.65. The normalized spacial score (nSPS) is 11.6. The van der Waals surface area contributed by atoms with Crippen molar-refractivity contribution in [3.63, 3.8) is 0 Å². The molecule has 0 aliphatic carbocycles. The number of carbonyl (C=O) groups is 1. The maximum Gasteiger partial charge on any atom is 0.252 e. The third-order valence-corrected chi connectivity index (χ3v) is 6.65. The van der Waals surface area contributed by atoms with E-state index in [-0.39, 0.29) is 10.8 Å². The fourth-order valence-corrected chi connectivity index (χ4v) is 4.29. The second-order valence-corrected chi connectivity index (χ2v) is 8.28. The first kappa shape index (κ1) is 17.0. The predicted octanol–water partition coefficient (Wildman–Crippen LogP) is 2.97. The van der Waals surface area contributed by atoms with Gasteiger partial charge in [-0.3, -0.25) is 4.79 Å². The summed E-state index contributed by atoms with van der Waals surface area (Å²) in [7, 11) is -2.26. The topological polar surface area (TPSA) is 66.5 Å². The minimum atomic E-state index is -3.64. The molecule has 0 fully saturated rings. The zero-order valence-corrected chi connectivity index (χ0v) is 14.4. The van der Waals surface area contributed by atoms with Crippen molar-refractivity contribution in [1.82, 2.24) is 4.31 Å². The van der Waals surface area contributed by atoms with Crippen LogP contribution in [0.3, 0.4) is 0 Å². The Labute approximate surface area is 138 Å². The van der Waals surface area contributed by atoms with Crippen molar-refractivity contribution in [1.29, 1.82) is 0 Å². The standard InChI is InChI=1S/C14H15ClN2O3S2/c1-10-11(15)5-3-6-12(10)16-13(18)9-17(2)22(19,20)14-7-4-8-21-14/h3-8H,9H2,1-2H3,(H,16,18). The van der Waals surface area contributed by atoms with Crippen molar-refractivity contribution in [3.05, 3.63) is 46.3 Å². The van der Waals surface area contributed by atoms with Gasteiger partial charge in [-0.2, -0.15) is 4.31 Å². The number of rotatable bonds is 5. The number of halogens is 1. The maximum absolute atomic E-state index is 12.2. The van der Waals surface area contributed by atoms with Crippen LogP contribution in [-0.4, -0.2) is 32.2 Å². The number of sulfonamides is 1. The Morgan fingerprint density at radius 1 is 1.32 bits per heavy atom. The van der Waals surface area contributed by atoms with Crippen molar-refractivity contribution in [2.24, 2.45) is 0 Å². The number of likely N-dealkylation sites (N-methyl/N-ethyl adjacent to an activating group) is 1. The van der Waals surface area contributed by atoms with Gasteiger partial charge in [0.05, 0.1) is 6.54 Å². The molecule has 0 bridgehead atoms. The molecule has 1 aromatic heterocycles. The lowest BCUT2D eigenvalue weighted by Crippen LogP contribution is -2.34. The summed E-state index contributed by atoms with van der Waals surface area (Å²) in [5.74, 6) is -0.423. The average molecular weight is 359 g/mol. The molecule has 0 aliphatic heterocycles. The van der Waals surface area contributed by atoms with Crippen LogP contribution in [-0.2, 0) is 14.8 Å². The van der Waals surface area contributed by atoms with E-state index >= 15 is 0 Å². The molecule has 1 N–H and O–H groups in total. The van der Waals surface area contributed by atoms with E-state index < -0.39 is 15.9 Å². The van der Waals surface area contributed by atoms with Gasteiger partial charge in [-0.1, -0.05) is 23.7 Å². The number of nitrogens with one attached hydrogen (secondary N) is 1. The lowest BCUT2D eigenvalue weighted by atomic mass is 10.2. The molecule has 0 radical (unpaired) electrons. The molecular formula is C14H15ClN2O3S2. The van der Waals surface area contributed by atoms with Gasteiger partial charge in [0, 0.05) is 17.8 Å². The minimum absolute atomic E-state index is 0.210. The van der Waals surface area contributed by atoms with Gasteiger partial charge in [-0.25, -0.2) is 8.42 Å². The Hall–Kier alpha value is -1.41. The predicted molar refractivity (Wildman–Crippen MR) is 89.0 cm³/mol. The molecule has 118 valence electrons. The number of nitrogens with zero attached hydrogens (tertiary/aromatic N) is 1. The van der Waals surface area contributed by atoms with Gasteiger partial charge < -0.3 is 5.32 Å². The molecule has 0 spiro atoms.